The summed E-state index contributed by atoms with van der Waals surface area (Å²) in [7, 11) is 1.50. The molecule has 4 rings (SSSR count). The van der Waals surface area contributed by atoms with Crippen LogP contribution in [0.25, 0.3) is 11.3 Å². The predicted octanol–water partition coefficient (Wildman–Crippen LogP) is 5.56. The van der Waals surface area contributed by atoms with Gasteiger partial charge in [0.2, 0.25) is 0 Å². The van der Waals surface area contributed by atoms with Gasteiger partial charge in [-0.3, -0.25) is 14.9 Å². The van der Waals surface area contributed by atoms with E-state index in [0.717, 1.165) is 21.7 Å². The van der Waals surface area contributed by atoms with Gasteiger partial charge in [0.25, 0.3) is 11.8 Å². The number of thiazole rings is 1. The summed E-state index contributed by atoms with van der Waals surface area (Å²) in [6, 6.07) is 27.0. The van der Waals surface area contributed by atoms with Gasteiger partial charge in [0.15, 0.2) is 5.13 Å². The Bertz CT molecular complexity index is 1320. The van der Waals surface area contributed by atoms with Crippen LogP contribution in [0.5, 0.6) is 5.75 Å². The molecular formula is C28H27N3O3S. The number of aromatic nitrogens is 1. The van der Waals surface area contributed by atoms with Crippen LogP contribution in [0.15, 0.2) is 84.9 Å². The van der Waals surface area contributed by atoms with E-state index in [9.17, 15) is 9.59 Å². The molecule has 178 valence electrons. The molecule has 1 heterocycles. The Kier molecular flexibility index (Phi) is 7.27. The molecule has 0 fully saturated rings. The first kappa shape index (κ1) is 24.2. The maximum Gasteiger partial charge on any atom is 0.255 e. The smallest absolute Gasteiger partial charge is 0.255 e. The van der Waals surface area contributed by atoms with Gasteiger partial charge in [-0.05, 0) is 31.5 Å². The lowest BCUT2D eigenvalue weighted by Gasteiger charge is -2.25. The highest BCUT2D eigenvalue weighted by atomic mass is 32.1. The third-order valence-electron chi connectivity index (χ3n) is 5.52. The predicted molar refractivity (Wildman–Crippen MR) is 140 cm³/mol. The molecule has 0 spiro atoms. The standard InChI is InChI=1S/C28H27N3O3S/c1-28(2,31-25(32)21-16-10-11-17-22(21)34-3)26(33)30-27-29-24(20-14-8-5-9-15-20)23(35-27)18-19-12-6-4-7-13-19/h4-17H,18H2,1-3H3,(H,31,32)(H,29,30,33). The average molecular weight is 486 g/mol. The van der Waals surface area contributed by atoms with Crippen LogP contribution in [-0.4, -0.2) is 29.4 Å². The first-order chi connectivity index (χ1) is 16.9. The Morgan fingerprint density at radius 2 is 1.54 bits per heavy atom. The minimum Gasteiger partial charge on any atom is -0.496 e. The molecule has 0 aliphatic rings. The molecule has 0 atom stereocenters. The Balaban J connectivity index is 1.55. The number of carbonyl (C=O) groups excluding carboxylic acids is 2. The highest BCUT2D eigenvalue weighted by molar-refractivity contribution is 7.16. The lowest BCUT2D eigenvalue weighted by molar-refractivity contribution is -0.120. The highest BCUT2D eigenvalue weighted by Crippen LogP contribution is 2.33. The van der Waals surface area contributed by atoms with E-state index in [4.69, 9.17) is 9.72 Å². The number of ether oxygens (including phenoxy) is 1. The monoisotopic (exact) mass is 485 g/mol. The number of rotatable bonds is 8. The Labute approximate surface area is 209 Å². The molecule has 0 saturated heterocycles. The fourth-order valence-corrected chi connectivity index (χ4v) is 4.63. The SMILES string of the molecule is COc1ccccc1C(=O)NC(C)(C)C(=O)Nc1nc(-c2ccccc2)c(Cc2ccccc2)s1. The molecule has 35 heavy (non-hydrogen) atoms. The van der Waals surface area contributed by atoms with Gasteiger partial charge in [0.1, 0.15) is 11.3 Å². The zero-order chi connectivity index (χ0) is 24.8. The van der Waals surface area contributed by atoms with E-state index in [-0.39, 0.29) is 5.91 Å². The first-order valence-corrected chi connectivity index (χ1v) is 12.0. The van der Waals surface area contributed by atoms with Crippen LogP contribution >= 0.6 is 11.3 Å². The maximum atomic E-state index is 13.2. The Morgan fingerprint density at radius 1 is 0.914 bits per heavy atom. The number of hydrogen-bond donors (Lipinski definition) is 2. The van der Waals surface area contributed by atoms with E-state index in [2.05, 4.69) is 22.8 Å². The second kappa shape index (κ2) is 10.5. The first-order valence-electron chi connectivity index (χ1n) is 11.2. The number of methoxy groups -OCH3 is 1. The third kappa shape index (κ3) is 5.75. The molecule has 1 aromatic heterocycles. The van der Waals surface area contributed by atoms with Crippen LogP contribution in [0, 0.1) is 0 Å². The molecule has 6 nitrogen and oxygen atoms in total. The molecule has 2 amide bonds. The van der Waals surface area contributed by atoms with Crippen molar-refractivity contribution in [1.82, 2.24) is 10.3 Å². The van der Waals surface area contributed by atoms with Crippen LogP contribution in [0.2, 0.25) is 0 Å². The largest absolute Gasteiger partial charge is 0.496 e. The number of para-hydroxylation sites is 1. The molecule has 3 aromatic carbocycles. The summed E-state index contributed by atoms with van der Waals surface area (Å²) >= 11 is 1.44. The van der Waals surface area contributed by atoms with Gasteiger partial charge in [-0.1, -0.05) is 72.8 Å². The van der Waals surface area contributed by atoms with Crippen molar-refractivity contribution in [2.75, 3.05) is 12.4 Å². The summed E-state index contributed by atoms with van der Waals surface area (Å²) in [5, 5.41) is 6.20. The molecule has 0 saturated carbocycles. The van der Waals surface area contributed by atoms with Crippen LogP contribution in [0.3, 0.4) is 0 Å². The average Bonchev–Trinajstić information content (AvgIpc) is 3.26. The number of hydrogen-bond acceptors (Lipinski definition) is 5. The van der Waals surface area contributed by atoms with Crippen LogP contribution in [0.1, 0.15) is 34.6 Å². The van der Waals surface area contributed by atoms with Crippen LogP contribution < -0.4 is 15.4 Å². The topological polar surface area (TPSA) is 80.3 Å². The number of nitrogens with zero attached hydrogens (tertiary/aromatic N) is 1. The summed E-state index contributed by atoms with van der Waals surface area (Å²) in [5.74, 6) is -0.309. The van der Waals surface area contributed by atoms with Crippen molar-refractivity contribution in [3.63, 3.8) is 0 Å². The second-order valence-corrected chi connectivity index (χ2v) is 9.64. The zero-order valence-electron chi connectivity index (χ0n) is 19.9. The lowest BCUT2D eigenvalue weighted by Crippen LogP contribution is -2.52. The van der Waals surface area contributed by atoms with Gasteiger partial charge in [-0.15, -0.1) is 11.3 Å². The van der Waals surface area contributed by atoms with Crippen molar-refractivity contribution >= 4 is 28.3 Å². The summed E-state index contributed by atoms with van der Waals surface area (Å²) in [6.45, 7) is 3.32. The van der Waals surface area contributed by atoms with Gasteiger partial charge in [0.05, 0.1) is 18.4 Å². The molecule has 0 radical (unpaired) electrons. The highest BCUT2D eigenvalue weighted by Gasteiger charge is 2.31. The molecule has 7 heteroatoms. The van der Waals surface area contributed by atoms with Crippen molar-refractivity contribution in [2.24, 2.45) is 0 Å². The molecule has 0 bridgehead atoms. The van der Waals surface area contributed by atoms with Gasteiger partial charge < -0.3 is 10.1 Å². The molecular weight excluding hydrogens is 458 g/mol. The molecule has 4 aromatic rings. The van der Waals surface area contributed by atoms with Crippen LogP contribution in [-0.2, 0) is 11.2 Å². The quantitative estimate of drug-likeness (QED) is 0.343. The van der Waals surface area contributed by atoms with Gasteiger partial charge in [-0.25, -0.2) is 4.98 Å². The van der Waals surface area contributed by atoms with Crippen molar-refractivity contribution < 1.29 is 14.3 Å². The molecule has 0 aliphatic heterocycles. The van der Waals surface area contributed by atoms with Crippen molar-refractivity contribution in [3.05, 3.63) is 101 Å². The normalized spacial score (nSPS) is 11.1. The lowest BCUT2D eigenvalue weighted by atomic mass is 10.0. The van der Waals surface area contributed by atoms with Crippen molar-refractivity contribution in [1.29, 1.82) is 0 Å². The van der Waals surface area contributed by atoms with E-state index < -0.39 is 11.4 Å². The third-order valence-corrected chi connectivity index (χ3v) is 6.49. The minimum atomic E-state index is -1.18. The van der Waals surface area contributed by atoms with E-state index in [0.29, 0.717) is 22.9 Å². The van der Waals surface area contributed by atoms with Gasteiger partial charge in [0, 0.05) is 16.9 Å². The molecule has 2 N–H and O–H groups in total. The minimum absolute atomic E-state index is 0.361. The molecule has 0 aliphatic carbocycles. The Morgan fingerprint density at radius 3 is 2.23 bits per heavy atom. The van der Waals surface area contributed by atoms with E-state index >= 15 is 0 Å². The maximum absolute atomic E-state index is 13.2. The number of nitrogens with one attached hydrogen (secondary N) is 2. The van der Waals surface area contributed by atoms with E-state index in [1.807, 2.05) is 48.5 Å². The van der Waals surface area contributed by atoms with Crippen LogP contribution in [0.4, 0.5) is 5.13 Å². The zero-order valence-corrected chi connectivity index (χ0v) is 20.7. The van der Waals surface area contributed by atoms with E-state index in [1.165, 1.54) is 18.4 Å². The fraction of sp³-hybridized carbons (Fsp3) is 0.179. The number of amides is 2. The van der Waals surface area contributed by atoms with Gasteiger partial charge in [-0.2, -0.15) is 0 Å². The summed E-state index contributed by atoms with van der Waals surface area (Å²) in [5.41, 5.74) is 2.16. The molecule has 0 unspecified atom stereocenters. The Hall–Kier alpha value is -3.97. The second-order valence-electron chi connectivity index (χ2n) is 8.55. The van der Waals surface area contributed by atoms with E-state index in [1.54, 1.807) is 38.1 Å². The number of benzene rings is 3. The summed E-state index contributed by atoms with van der Waals surface area (Å²) in [4.78, 5) is 31.8. The fourth-order valence-electron chi connectivity index (χ4n) is 3.62. The summed E-state index contributed by atoms with van der Waals surface area (Å²) < 4.78 is 5.27. The van der Waals surface area contributed by atoms with Crippen molar-refractivity contribution in [2.45, 2.75) is 25.8 Å². The number of carbonyl (C=O) groups is 2. The van der Waals surface area contributed by atoms with Gasteiger partial charge >= 0.3 is 0 Å². The summed E-state index contributed by atoms with van der Waals surface area (Å²) in [6.07, 6.45) is 0.701. The van der Waals surface area contributed by atoms with Crippen molar-refractivity contribution in [3.8, 4) is 17.0 Å². The number of anilines is 1.